The molecule has 1 amide bonds. The molecule has 45 heavy (non-hydrogen) atoms. The van der Waals surface area contributed by atoms with Gasteiger partial charge in [-0.05, 0) is 75.1 Å². The highest BCUT2D eigenvalue weighted by atomic mass is 35.5. The number of anilines is 2. The Labute approximate surface area is 274 Å². The van der Waals surface area contributed by atoms with E-state index in [4.69, 9.17) is 31.2 Å². The molecule has 3 aromatic carbocycles. The largest absolute Gasteiger partial charge is 0.490 e. The molecule has 0 saturated heterocycles. The summed E-state index contributed by atoms with van der Waals surface area (Å²) in [4.78, 5) is 18.9. The third-order valence-corrected chi connectivity index (χ3v) is 8.87. The summed E-state index contributed by atoms with van der Waals surface area (Å²) < 4.78 is 13.9. The van der Waals surface area contributed by atoms with E-state index in [0.717, 1.165) is 47.2 Å². The standard InChI is InChI=1S/C35H40ClN5O3S/c1-6-8-11-18-44-29-17-15-25(20-30(29)43-7-2)32-31(33(42)38-28-16-14-22(3)19-23(28)4)24(5)37-34-39-35(40-41(32)34)45-21-26-12-9-10-13-27(26)36/h9-10,12-17,19-20,32H,6-8,11,18,21H2,1-5H3,(H,38,42)(H,37,39,40). The van der Waals surface area contributed by atoms with E-state index in [9.17, 15) is 4.79 Å². The van der Waals surface area contributed by atoms with Crippen LogP contribution in [0.15, 0.2) is 77.1 Å². The second-order valence-electron chi connectivity index (χ2n) is 11.1. The Hall–Kier alpha value is -3.95. The van der Waals surface area contributed by atoms with Gasteiger partial charge in [0.05, 0.1) is 18.8 Å². The van der Waals surface area contributed by atoms with Crippen LogP contribution in [0.1, 0.15) is 68.3 Å². The van der Waals surface area contributed by atoms with Crippen LogP contribution in [0.25, 0.3) is 0 Å². The zero-order valence-corrected chi connectivity index (χ0v) is 28.0. The number of ether oxygens (including phenoxy) is 2. The number of unbranched alkanes of at least 4 members (excludes halogenated alkanes) is 2. The van der Waals surface area contributed by atoms with E-state index in [1.807, 2.05) is 82.3 Å². The molecule has 8 nitrogen and oxygen atoms in total. The van der Waals surface area contributed by atoms with E-state index in [0.29, 0.717) is 57.9 Å². The second kappa shape index (κ2) is 14.9. The minimum absolute atomic E-state index is 0.221. The van der Waals surface area contributed by atoms with Crippen LogP contribution in [-0.4, -0.2) is 33.9 Å². The molecule has 0 radical (unpaired) electrons. The first-order valence-corrected chi connectivity index (χ1v) is 16.7. The molecule has 1 atom stereocenters. The number of nitrogens with one attached hydrogen (secondary N) is 2. The molecule has 0 fully saturated rings. The first kappa shape index (κ1) is 32.4. The number of allylic oxidation sites excluding steroid dienone is 1. The molecule has 1 aliphatic heterocycles. The lowest BCUT2D eigenvalue weighted by Crippen LogP contribution is -2.31. The fourth-order valence-electron chi connectivity index (χ4n) is 5.31. The van der Waals surface area contributed by atoms with Gasteiger partial charge in [0, 0.05) is 22.2 Å². The number of carbonyl (C=O) groups excluding carboxylic acids is 1. The number of aromatic nitrogens is 3. The molecule has 236 valence electrons. The lowest BCUT2D eigenvalue weighted by atomic mass is 9.94. The van der Waals surface area contributed by atoms with Crippen LogP contribution < -0.4 is 20.1 Å². The van der Waals surface area contributed by atoms with Crippen molar-refractivity contribution in [2.24, 2.45) is 0 Å². The summed E-state index contributed by atoms with van der Waals surface area (Å²) in [6.07, 6.45) is 3.19. The zero-order chi connectivity index (χ0) is 31.9. The van der Waals surface area contributed by atoms with Gasteiger partial charge in [-0.2, -0.15) is 4.98 Å². The normalized spacial score (nSPS) is 14.1. The van der Waals surface area contributed by atoms with E-state index in [2.05, 4.69) is 23.6 Å². The summed E-state index contributed by atoms with van der Waals surface area (Å²) in [7, 11) is 0. The maximum Gasteiger partial charge on any atom is 0.255 e. The Morgan fingerprint density at radius 3 is 2.60 bits per heavy atom. The number of benzene rings is 3. The summed E-state index contributed by atoms with van der Waals surface area (Å²) in [5.74, 6) is 2.26. The van der Waals surface area contributed by atoms with Crippen LogP contribution in [0.5, 0.6) is 11.5 Å². The van der Waals surface area contributed by atoms with Crippen LogP contribution in [-0.2, 0) is 10.5 Å². The Morgan fingerprint density at radius 1 is 1.02 bits per heavy atom. The number of fused-ring (bicyclic) bond motifs is 1. The SMILES string of the molecule is CCCCCOc1ccc(C2C(C(=O)Nc3ccc(C)cc3C)=C(C)Nc3nc(SCc4ccccc4Cl)nn32)cc1OCC. The number of hydrogen-bond acceptors (Lipinski definition) is 7. The molecule has 1 aliphatic rings. The summed E-state index contributed by atoms with van der Waals surface area (Å²) in [6.45, 7) is 11.1. The Kier molecular flexibility index (Phi) is 10.7. The van der Waals surface area contributed by atoms with Gasteiger partial charge in [0.1, 0.15) is 6.04 Å². The number of halogens is 1. The number of rotatable bonds is 13. The van der Waals surface area contributed by atoms with Gasteiger partial charge in [-0.3, -0.25) is 4.79 Å². The van der Waals surface area contributed by atoms with Crippen molar-refractivity contribution in [1.29, 1.82) is 0 Å². The highest BCUT2D eigenvalue weighted by molar-refractivity contribution is 7.98. The molecule has 5 rings (SSSR count). The Balaban J connectivity index is 1.52. The van der Waals surface area contributed by atoms with Crippen LogP contribution >= 0.6 is 23.4 Å². The maximum atomic E-state index is 14.1. The van der Waals surface area contributed by atoms with Gasteiger partial charge in [-0.1, -0.05) is 85.1 Å². The minimum atomic E-state index is -0.567. The van der Waals surface area contributed by atoms with Crippen molar-refractivity contribution in [2.45, 2.75) is 70.8 Å². The molecule has 0 saturated carbocycles. The van der Waals surface area contributed by atoms with Gasteiger partial charge >= 0.3 is 0 Å². The van der Waals surface area contributed by atoms with Crippen molar-refractivity contribution < 1.29 is 14.3 Å². The van der Waals surface area contributed by atoms with Crippen LogP contribution in [0.3, 0.4) is 0 Å². The van der Waals surface area contributed by atoms with Gasteiger partial charge in [-0.25, -0.2) is 4.68 Å². The number of amides is 1. The number of hydrogen-bond donors (Lipinski definition) is 2. The molecule has 0 spiro atoms. The minimum Gasteiger partial charge on any atom is -0.490 e. The monoisotopic (exact) mass is 645 g/mol. The highest BCUT2D eigenvalue weighted by Crippen LogP contribution is 2.40. The molecule has 2 heterocycles. The van der Waals surface area contributed by atoms with E-state index in [1.165, 1.54) is 11.8 Å². The first-order valence-electron chi connectivity index (χ1n) is 15.4. The molecule has 2 N–H and O–H groups in total. The number of aryl methyl sites for hydroxylation is 2. The van der Waals surface area contributed by atoms with Crippen molar-refractivity contribution in [3.8, 4) is 11.5 Å². The molecular weight excluding hydrogens is 606 g/mol. The summed E-state index contributed by atoms with van der Waals surface area (Å²) in [5, 5.41) is 12.7. The van der Waals surface area contributed by atoms with Crippen LogP contribution in [0, 0.1) is 13.8 Å². The highest BCUT2D eigenvalue weighted by Gasteiger charge is 2.35. The van der Waals surface area contributed by atoms with E-state index >= 15 is 0 Å². The fourth-order valence-corrected chi connectivity index (χ4v) is 6.43. The first-order chi connectivity index (χ1) is 21.8. The lowest BCUT2D eigenvalue weighted by Gasteiger charge is -2.29. The number of nitrogens with zero attached hydrogens (tertiary/aromatic N) is 3. The van der Waals surface area contributed by atoms with Crippen molar-refractivity contribution in [3.05, 3.63) is 99.2 Å². The van der Waals surface area contributed by atoms with Crippen molar-refractivity contribution in [1.82, 2.24) is 14.8 Å². The maximum absolute atomic E-state index is 14.1. The average molecular weight is 646 g/mol. The fraction of sp³-hybridized carbons (Fsp3) is 0.343. The molecule has 0 aliphatic carbocycles. The molecule has 0 bridgehead atoms. The van der Waals surface area contributed by atoms with Gasteiger partial charge in [-0.15, -0.1) is 5.10 Å². The number of carbonyl (C=O) groups is 1. The van der Waals surface area contributed by atoms with Gasteiger partial charge in [0.2, 0.25) is 11.1 Å². The number of thioether (sulfide) groups is 1. The third-order valence-electron chi connectivity index (χ3n) is 7.61. The molecular formula is C35H40ClN5O3S. The Morgan fingerprint density at radius 2 is 1.84 bits per heavy atom. The van der Waals surface area contributed by atoms with Crippen molar-refractivity contribution in [3.63, 3.8) is 0 Å². The van der Waals surface area contributed by atoms with Gasteiger partial charge in [0.25, 0.3) is 5.91 Å². The summed E-state index contributed by atoms with van der Waals surface area (Å²) in [6, 6.07) is 19.0. The average Bonchev–Trinajstić information content (AvgIpc) is 3.42. The third kappa shape index (κ3) is 7.65. The predicted molar refractivity (Wildman–Crippen MR) is 183 cm³/mol. The second-order valence-corrected chi connectivity index (χ2v) is 12.4. The lowest BCUT2D eigenvalue weighted by molar-refractivity contribution is -0.113. The van der Waals surface area contributed by atoms with Gasteiger partial charge in [0.15, 0.2) is 11.5 Å². The molecule has 4 aromatic rings. The van der Waals surface area contributed by atoms with E-state index in [-0.39, 0.29) is 5.91 Å². The molecule has 1 aromatic heterocycles. The van der Waals surface area contributed by atoms with E-state index in [1.54, 1.807) is 4.68 Å². The van der Waals surface area contributed by atoms with Crippen molar-refractivity contribution in [2.75, 3.05) is 23.8 Å². The molecule has 1 unspecified atom stereocenters. The summed E-state index contributed by atoms with van der Waals surface area (Å²) >= 11 is 7.90. The van der Waals surface area contributed by atoms with Crippen LogP contribution in [0.4, 0.5) is 11.6 Å². The van der Waals surface area contributed by atoms with E-state index < -0.39 is 6.04 Å². The van der Waals surface area contributed by atoms with Crippen LogP contribution in [0.2, 0.25) is 5.02 Å². The Bertz CT molecular complexity index is 1700. The predicted octanol–water partition coefficient (Wildman–Crippen LogP) is 8.74. The summed E-state index contributed by atoms with van der Waals surface area (Å²) in [5.41, 5.74) is 5.95. The smallest absolute Gasteiger partial charge is 0.255 e. The van der Waals surface area contributed by atoms with Gasteiger partial charge < -0.3 is 20.1 Å². The topological polar surface area (TPSA) is 90.3 Å². The zero-order valence-electron chi connectivity index (χ0n) is 26.4. The van der Waals surface area contributed by atoms with Crippen molar-refractivity contribution >= 4 is 40.9 Å². The molecule has 10 heteroatoms. The quantitative estimate of drug-likeness (QED) is 0.111.